The lowest BCUT2D eigenvalue weighted by Crippen LogP contribution is -2.47. The Labute approximate surface area is 205 Å². The summed E-state index contributed by atoms with van der Waals surface area (Å²) in [7, 11) is 1.65. The van der Waals surface area contributed by atoms with Crippen LogP contribution in [0.1, 0.15) is 24.2 Å². The van der Waals surface area contributed by atoms with Crippen molar-refractivity contribution < 1.29 is 19.3 Å². The molecule has 182 valence electrons. The van der Waals surface area contributed by atoms with Gasteiger partial charge in [0.25, 0.3) is 0 Å². The highest BCUT2D eigenvalue weighted by molar-refractivity contribution is 6.30. The number of piperidine rings is 1. The first-order valence-electron chi connectivity index (χ1n) is 11.5. The summed E-state index contributed by atoms with van der Waals surface area (Å²) >= 11 is 6.02. The third-order valence-corrected chi connectivity index (χ3v) is 6.47. The summed E-state index contributed by atoms with van der Waals surface area (Å²) in [5, 5.41) is 11.6. The number of halogens is 1. The minimum Gasteiger partial charge on any atom is -0.493 e. The Morgan fingerprint density at radius 2 is 1.91 bits per heavy atom. The number of benzene rings is 2. The molecule has 1 fully saturated rings. The Bertz CT molecular complexity index is 1080. The molecule has 2 heterocycles. The molecule has 1 aromatic heterocycles. The molecular weight excluding hydrogens is 454 g/mol. The Hall–Kier alpha value is -2.74. The van der Waals surface area contributed by atoms with Crippen molar-refractivity contribution in [1.29, 1.82) is 0 Å². The van der Waals surface area contributed by atoms with Crippen molar-refractivity contribution in [1.82, 2.24) is 14.5 Å². The molecule has 34 heavy (non-hydrogen) atoms. The number of aryl methyl sites for hydroxylation is 1. The SMILES string of the molecule is COc1ccc(CN2CCC(O)(COc3cccc(Cl)c3)CC2)cc1OCCn1ccnc1C. The third-order valence-electron chi connectivity index (χ3n) is 6.24. The van der Waals surface area contributed by atoms with E-state index in [1.807, 2.05) is 37.4 Å². The first kappa shape index (κ1) is 24.4. The van der Waals surface area contributed by atoms with E-state index in [0.29, 0.717) is 30.2 Å². The molecule has 1 aliphatic heterocycles. The van der Waals surface area contributed by atoms with Crippen LogP contribution in [-0.4, -0.2) is 58.6 Å². The van der Waals surface area contributed by atoms with Crippen LogP contribution >= 0.6 is 11.6 Å². The number of methoxy groups -OCH3 is 1. The third kappa shape index (κ3) is 6.44. The van der Waals surface area contributed by atoms with Crippen LogP contribution in [0, 0.1) is 6.92 Å². The Morgan fingerprint density at radius 1 is 1.09 bits per heavy atom. The van der Waals surface area contributed by atoms with Crippen LogP contribution < -0.4 is 14.2 Å². The number of imidazole rings is 1. The minimum atomic E-state index is -0.835. The zero-order valence-electron chi connectivity index (χ0n) is 19.7. The molecule has 4 rings (SSSR count). The van der Waals surface area contributed by atoms with Gasteiger partial charge >= 0.3 is 0 Å². The zero-order chi connectivity index (χ0) is 24.0. The largest absolute Gasteiger partial charge is 0.493 e. The number of likely N-dealkylation sites (tertiary alicyclic amines) is 1. The van der Waals surface area contributed by atoms with E-state index in [9.17, 15) is 5.11 Å². The van der Waals surface area contributed by atoms with Gasteiger partial charge in [0.1, 0.15) is 30.4 Å². The van der Waals surface area contributed by atoms with Crippen molar-refractivity contribution in [3.63, 3.8) is 0 Å². The van der Waals surface area contributed by atoms with E-state index in [2.05, 4.69) is 20.5 Å². The van der Waals surface area contributed by atoms with Gasteiger partial charge in [-0.05, 0) is 55.7 Å². The standard InChI is InChI=1S/C26H32ClN3O4/c1-20-28-10-13-30(20)14-15-33-25-16-21(6-7-24(25)32-2)18-29-11-8-26(31,9-12-29)19-34-23-5-3-4-22(27)17-23/h3-7,10,13,16-17,31H,8-9,11-12,14-15,18-19H2,1-2H3. The summed E-state index contributed by atoms with van der Waals surface area (Å²) in [5.74, 6) is 3.10. The minimum absolute atomic E-state index is 0.262. The second-order valence-electron chi connectivity index (χ2n) is 8.75. The van der Waals surface area contributed by atoms with Crippen LogP contribution in [0.15, 0.2) is 54.9 Å². The molecule has 1 saturated heterocycles. The lowest BCUT2D eigenvalue weighted by molar-refractivity contribution is -0.0537. The predicted octanol–water partition coefficient (Wildman–Crippen LogP) is 4.34. The van der Waals surface area contributed by atoms with Gasteiger partial charge < -0.3 is 23.9 Å². The van der Waals surface area contributed by atoms with Gasteiger partial charge in [-0.1, -0.05) is 23.7 Å². The van der Waals surface area contributed by atoms with Crippen molar-refractivity contribution >= 4 is 11.6 Å². The Balaban J connectivity index is 1.29. The monoisotopic (exact) mass is 485 g/mol. The lowest BCUT2D eigenvalue weighted by Gasteiger charge is -2.38. The highest BCUT2D eigenvalue weighted by Gasteiger charge is 2.33. The van der Waals surface area contributed by atoms with Crippen LogP contribution in [0.25, 0.3) is 0 Å². The smallest absolute Gasteiger partial charge is 0.161 e. The fraction of sp³-hybridized carbons (Fsp3) is 0.423. The number of rotatable bonds is 10. The molecule has 0 radical (unpaired) electrons. The van der Waals surface area contributed by atoms with E-state index in [4.69, 9.17) is 25.8 Å². The molecule has 0 aliphatic carbocycles. The van der Waals surface area contributed by atoms with E-state index in [0.717, 1.165) is 49.1 Å². The van der Waals surface area contributed by atoms with Crippen molar-refractivity contribution in [3.8, 4) is 17.2 Å². The summed E-state index contributed by atoms with van der Waals surface area (Å²) in [4.78, 5) is 6.58. The van der Waals surface area contributed by atoms with Gasteiger partial charge in [0, 0.05) is 37.1 Å². The van der Waals surface area contributed by atoms with E-state index < -0.39 is 5.60 Å². The zero-order valence-corrected chi connectivity index (χ0v) is 20.5. The maximum atomic E-state index is 11.0. The van der Waals surface area contributed by atoms with Crippen molar-refractivity contribution in [3.05, 3.63) is 71.3 Å². The van der Waals surface area contributed by atoms with Gasteiger partial charge in [-0.25, -0.2) is 4.98 Å². The number of aromatic nitrogens is 2. The molecule has 1 aliphatic rings. The van der Waals surface area contributed by atoms with Gasteiger partial charge in [0.15, 0.2) is 11.5 Å². The van der Waals surface area contributed by atoms with Gasteiger partial charge in [0.05, 0.1) is 13.7 Å². The molecule has 2 aromatic carbocycles. The number of hydrogen-bond donors (Lipinski definition) is 1. The molecule has 0 amide bonds. The number of aliphatic hydroxyl groups is 1. The molecule has 7 nitrogen and oxygen atoms in total. The summed E-state index contributed by atoms with van der Waals surface area (Å²) in [6.45, 7) is 5.85. The maximum absolute atomic E-state index is 11.0. The molecule has 0 bridgehead atoms. The van der Waals surface area contributed by atoms with Crippen molar-refractivity contribution in [2.75, 3.05) is 33.4 Å². The highest BCUT2D eigenvalue weighted by Crippen LogP contribution is 2.30. The number of nitrogens with zero attached hydrogens (tertiary/aromatic N) is 3. The molecule has 3 aromatic rings. The fourth-order valence-electron chi connectivity index (χ4n) is 4.13. The van der Waals surface area contributed by atoms with E-state index in [-0.39, 0.29) is 6.61 Å². The fourth-order valence-corrected chi connectivity index (χ4v) is 4.31. The summed E-state index contributed by atoms with van der Waals surface area (Å²) in [6, 6.07) is 13.3. The van der Waals surface area contributed by atoms with E-state index >= 15 is 0 Å². The summed E-state index contributed by atoms with van der Waals surface area (Å²) < 4.78 is 19.4. The highest BCUT2D eigenvalue weighted by atomic mass is 35.5. The van der Waals surface area contributed by atoms with Crippen LogP contribution in [-0.2, 0) is 13.1 Å². The van der Waals surface area contributed by atoms with Crippen LogP contribution in [0.5, 0.6) is 17.2 Å². The summed E-state index contributed by atoms with van der Waals surface area (Å²) in [5.41, 5.74) is 0.313. The normalized spacial score (nSPS) is 15.8. The Kier molecular flexibility index (Phi) is 7.98. The van der Waals surface area contributed by atoms with Gasteiger partial charge in [-0.2, -0.15) is 0 Å². The number of hydrogen-bond acceptors (Lipinski definition) is 6. The topological polar surface area (TPSA) is 69.0 Å². The van der Waals surface area contributed by atoms with Gasteiger partial charge in [0.2, 0.25) is 0 Å². The lowest BCUT2D eigenvalue weighted by atomic mass is 9.92. The molecule has 8 heteroatoms. The first-order chi connectivity index (χ1) is 16.4. The Morgan fingerprint density at radius 3 is 2.62 bits per heavy atom. The predicted molar refractivity (Wildman–Crippen MR) is 132 cm³/mol. The second-order valence-corrected chi connectivity index (χ2v) is 9.18. The summed E-state index contributed by atoms with van der Waals surface area (Å²) in [6.07, 6.45) is 5.04. The van der Waals surface area contributed by atoms with Gasteiger partial charge in [-0.3, -0.25) is 4.90 Å². The molecule has 1 N–H and O–H groups in total. The van der Waals surface area contributed by atoms with Crippen LogP contribution in [0.4, 0.5) is 0 Å². The van der Waals surface area contributed by atoms with Crippen LogP contribution in [0.2, 0.25) is 5.02 Å². The maximum Gasteiger partial charge on any atom is 0.161 e. The van der Waals surface area contributed by atoms with E-state index in [1.54, 1.807) is 25.4 Å². The molecule has 0 atom stereocenters. The van der Waals surface area contributed by atoms with Crippen molar-refractivity contribution in [2.45, 2.75) is 38.5 Å². The first-order valence-corrected chi connectivity index (χ1v) is 11.9. The van der Waals surface area contributed by atoms with Crippen molar-refractivity contribution in [2.24, 2.45) is 0 Å². The molecule has 0 saturated carbocycles. The quantitative estimate of drug-likeness (QED) is 0.460. The molecule has 0 unspecified atom stereocenters. The van der Waals surface area contributed by atoms with Crippen LogP contribution in [0.3, 0.4) is 0 Å². The van der Waals surface area contributed by atoms with Gasteiger partial charge in [-0.15, -0.1) is 0 Å². The molecule has 0 spiro atoms. The van der Waals surface area contributed by atoms with E-state index in [1.165, 1.54) is 0 Å². The second kappa shape index (κ2) is 11.1. The number of ether oxygens (including phenoxy) is 3. The average Bonchev–Trinajstić information content (AvgIpc) is 3.24. The molecular formula is C26H32ClN3O4. The average molecular weight is 486 g/mol.